The minimum atomic E-state index is 0.0581. The number of amides is 1. The number of benzene rings is 2. The number of pyridine rings is 1. The molecule has 0 atom stereocenters. The summed E-state index contributed by atoms with van der Waals surface area (Å²) in [5.74, 6) is 1.00. The van der Waals surface area contributed by atoms with Crippen molar-refractivity contribution in [3.05, 3.63) is 83.1 Å². The van der Waals surface area contributed by atoms with Crippen LogP contribution >= 0.6 is 23.4 Å². The molecule has 0 fully saturated rings. The number of hydrogen-bond donors (Lipinski definition) is 0. The summed E-state index contributed by atoms with van der Waals surface area (Å²) in [6.07, 6.45) is 4.33. The molecule has 6 nitrogen and oxygen atoms in total. The summed E-state index contributed by atoms with van der Waals surface area (Å²) in [4.78, 5) is 19.0. The molecule has 5 rings (SSSR count). The molecule has 1 aliphatic heterocycles. The zero-order valence-electron chi connectivity index (χ0n) is 17.4. The number of nitrogens with zero attached hydrogens (tertiary/aromatic N) is 5. The van der Waals surface area contributed by atoms with E-state index in [1.165, 1.54) is 17.3 Å². The molecule has 2 aromatic carbocycles. The van der Waals surface area contributed by atoms with Crippen LogP contribution in [-0.2, 0) is 11.2 Å². The van der Waals surface area contributed by atoms with Gasteiger partial charge in [0.1, 0.15) is 0 Å². The second-order valence-corrected chi connectivity index (χ2v) is 8.82. The van der Waals surface area contributed by atoms with Crippen molar-refractivity contribution >= 4 is 35.0 Å². The Kier molecular flexibility index (Phi) is 5.68. The van der Waals surface area contributed by atoms with Gasteiger partial charge in [0.05, 0.1) is 11.4 Å². The lowest BCUT2D eigenvalue weighted by atomic mass is 10.2. The molecular weight excluding hydrogens is 442 g/mol. The number of fused-ring (bicyclic) bond motifs is 1. The fraction of sp³-hybridized carbons (Fsp3) is 0.167. The lowest BCUT2D eigenvalue weighted by Crippen LogP contribution is -2.30. The van der Waals surface area contributed by atoms with Crippen LogP contribution < -0.4 is 4.90 Å². The smallest absolute Gasteiger partial charge is 0.237 e. The standard InChI is InChI=1S/C24H20ClN5OS/c1-16-19(25)6-4-8-20(16)30-23(18-9-12-26-13-10-18)27-28-24(30)32-15-22(31)29-14-11-17-5-2-3-7-21(17)29/h2-10,12-13H,11,14-15H2,1H3. The van der Waals surface area contributed by atoms with E-state index in [4.69, 9.17) is 11.6 Å². The Hall–Kier alpha value is -3.16. The van der Waals surface area contributed by atoms with Gasteiger partial charge in [-0.2, -0.15) is 0 Å². The van der Waals surface area contributed by atoms with E-state index in [2.05, 4.69) is 21.2 Å². The second-order valence-electron chi connectivity index (χ2n) is 7.47. The van der Waals surface area contributed by atoms with Gasteiger partial charge in [0.2, 0.25) is 5.91 Å². The number of halogens is 1. The maximum Gasteiger partial charge on any atom is 0.237 e. The molecular formula is C24H20ClN5OS. The second kappa shape index (κ2) is 8.76. The van der Waals surface area contributed by atoms with E-state index >= 15 is 0 Å². The van der Waals surface area contributed by atoms with Crippen LogP contribution in [0.2, 0.25) is 5.02 Å². The molecule has 0 spiro atoms. The Morgan fingerprint density at radius 1 is 1.03 bits per heavy atom. The number of thioether (sulfide) groups is 1. The lowest BCUT2D eigenvalue weighted by Gasteiger charge is -2.17. The van der Waals surface area contributed by atoms with E-state index in [0.29, 0.717) is 22.5 Å². The Balaban J connectivity index is 1.48. The zero-order valence-corrected chi connectivity index (χ0v) is 19.0. The monoisotopic (exact) mass is 461 g/mol. The highest BCUT2D eigenvalue weighted by Crippen LogP contribution is 2.33. The number of carbonyl (C=O) groups excluding carboxylic acids is 1. The van der Waals surface area contributed by atoms with Crippen LogP contribution in [0.15, 0.2) is 72.1 Å². The number of para-hydroxylation sites is 1. The van der Waals surface area contributed by atoms with Gasteiger partial charge in [-0.25, -0.2) is 0 Å². The third kappa shape index (κ3) is 3.78. The van der Waals surface area contributed by atoms with Gasteiger partial charge in [-0.1, -0.05) is 47.6 Å². The van der Waals surface area contributed by atoms with Crippen molar-refractivity contribution in [3.8, 4) is 17.1 Å². The van der Waals surface area contributed by atoms with Crippen molar-refractivity contribution in [2.75, 3.05) is 17.2 Å². The molecule has 160 valence electrons. The highest BCUT2D eigenvalue weighted by Gasteiger charge is 2.25. The first-order chi connectivity index (χ1) is 15.6. The Morgan fingerprint density at radius 2 is 1.81 bits per heavy atom. The predicted octanol–water partition coefficient (Wildman–Crippen LogP) is 4.97. The molecule has 1 aliphatic rings. The fourth-order valence-corrected chi connectivity index (χ4v) is 4.90. The summed E-state index contributed by atoms with van der Waals surface area (Å²) in [6, 6.07) is 17.6. The largest absolute Gasteiger partial charge is 0.311 e. The molecule has 0 radical (unpaired) electrons. The van der Waals surface area contributed by atoms with Gasteiger partial charge in [-0.15, -0.1) is 10.2 Å². The predicted molar refractivity (Wildman–Crippen MR) is 128 cm³/mol. The molecule has 3 heterocycles. The van der Waals surface area contributed by atoms with E-state index in [-0.39, 0.29) is 11.7 Å². The van der Waals surface area contributed by atoms with Crippen molar-refractivity contribution in [3.63, 3.8) is 0 Å². The SMILES string of the molecule is Cc1c(Cl)cccc1-n1c(SCC(=O)N2CCc3ccccc32)nnc1-c1ccncc1. The summed E-state index contributed by atoms with van der Waals surface area (Å²) >= 11 is 7.79. The molecule has 1 amide bonds. The third-order valence-electron chi connectivity index (χ3n) is 5.56. The highest BCUT2D eigenvalue weighted by atomic mass is 35.5. The fourth-order valence-electron chi connectivity index (χ4n) is 3.91. The molecule has 4 aromatic rings. The average molecular weight is 462 g/mol. The van der Waals surface area contributed by atoms with E-state index in [0.717, 1.165) is 28.9 Å². The first kappa shape index (κ1) is 20.7. The number of anilines is 1. The summed E-state index contributed by atoms with van der Waals surface area (Å²) in [5, 5.41) is 10.2. The van der Waals surface area contributed by atoms with Crippen molar-refractivity contribution in [1.29, 1.82) is 0 Å². The van der Waals surface area contributed by atoms with Crippen molar-refractivity contribution < 1.29 is 4.79 Å². The minimum absolute atomic E-state index is 0.0581. The van der Waals surface area contributed by atoms with Crippen LogP contribution in [0, 0.1) is 6.92 Å². The summed E-state index contributed by atoms with van der Waals surface area (Å²) < 4.78 is 1.96. The van der Waals surface area contributed by atoms with Gasteiger partial charge >= 0.3 is 0 Å². The van der Waals surface area contributed by atoms with Crippen LogP contribution in [0.4, 0.5) is 5.69 Å². The van der Waals surface area contributed by atoms with E-state index in [9.17, 15) is 4.79 Å². The van der Waals surface area contributed by atoms with Crippen molar-refractivity contribution in [2.45, 2.75) is 18.5 Å². The van der Waals surface area contributed by atoms with Crippen molar-refractivity contribution in [1.82, 2.24) is 19.7 Å². The summed E-state index contributed by atoms with van der Waals surface area (Å²) in [7, 11) is 0. The van der Waals surface area contributed by atoms with Crippen molar-refractivity contribution in [2.24, 2.45) is 0 Å². The molecule has 0 saturated heterocycles. The van der Waals surface area contributed by atoms with Gasteiger partial charge in [0, 0.05) is 35.2 Å². The quantitative estimate of drug-likeness (QED) is 0.392. The molecule has 0 aliphatic carbocycles. The molecule has 8 heteroatoms. The van der Waals surface area contributed by atoms with Gasteiger partial charge in [0.25, 0.3) is 0 Å². The first-order valence-corrected chi connectivity index (χ1v) is 11.6. The molecule has 0 N–H and O–H groups in total. The number of aromatic nitrogens is 4. The van der Waals surface area contributed by atoms with E-state index < -0.39 is 0 Å². The Bertz CT molecular complexity index is 1290. The topological polar surface area (TPSA) is 63.9 Å². The average Bonchev–Trinajstić information content (AvgIpc) is 3.44. The minimum Gasteiger partial charge on any atom is -0.311 e. The zero-order chi connectivity index (χ0) is 22.1. The highest BCUT2D eigenvalue weighted by molar-refractivity contribution is 7.99. The van der Waals surface area contributed by atoms with Crippen LogP contribution in [0.25, 0.3) is 17.1 Å². The number of hydrogen-bond acceptors (Lipinski definition) is 5. The maximum absolute atomic E-state index is 13.0. The summed E-state index contributed by atoms with van der Waals surface area (Å²) in [6.45, 7) is 2.68. The van der Waals surface area contributed by atoms with E-state index in [1.54, 1.807) is 12.4 Å². The van der Waals surface area contributed by atoms with Gasteiger partial charge in [0.15, 0.2) is 11.0 Å². The Morgan fingerprint density at radius 3 is 2.66 bits per heavy atom. The Labute approximate surface area is 195 Å². The van der Waals surface area contributed by atoms with Gasteiger partial charge < -0.3 is 4.90 Å². The van der Waals surface area contributed by atoms with Crippen LogP contribution in [0.5, 0.6) is 0 Å². The first-order valence-electron chi connectivity index (χ1n) is 10.3. The van der Waals surface area contributed by atoms with E-state index in [1.807, 2.05) is 64.9 Å². The van der Waals surface area contributed by atoms with Crippen LogP contribution in [0.1, 0.15) is 11.1 Å². The summed E-state index contributed by atoms with van der Waals surface area (Å²) in [5.41, 5.74) is 4.91. The van der Waals surface area contributed by atoms with Crippen LogP contribution in [0.3, 0.4) is 0 Å². The lowest BCUT2D eigenvalue weighted by molar-refractivity contribution is -0.116. The normalized spacial score (nSPS) is 12.8. The number of carbonyl (C=O) groups is 1. The van der Waals surface area contributed by atoms with Gasteiger partial charge in [-0.05, 0) is 54.8 Å². The molecule has 0 unspecified atom stereocenters. The van der Waals surface area contributed by atoms with Crippen LogP contribution in [-0.4, -0.2) is 38.0 Å². The van der Waals surface area contributed by atoms with Gasteiger partial charge in [-0.3, -0.25) is 14.3 Å². The third-order valence-corrected chi connectivity index (χ3v) is 6.89. The maximum atomic E-state index is 13.0. The molecule has 32 heavy (non-hydrogen) atoms. The number of rotatable bonds is 5. The molecule has 0 bridgehead atoms. The molecule has 0 saturated carbocycles. The molecule has 2 aromatic heterocycles.